The Morgan fingerprint density at radius 3 is 3.14 bits per heavy atom. The largest absolute Gasteiger partial charge is 0.379 e. The minimum absolute atomic E-state index is 0.291. The first-order valence-electron chi connectivity index (χ1n) is 10.0. The van der Waals surface area contributed by atoms with Crippen LogP contribution in [0.5, 0.6) is 0 Å². The zero-order valence-corrected chi connectivity index (χ0v) is 16.5. The van der Waals surface area contributed by atoms with Crippen LogP contribution in [-0.4, -0.2) is 59.7 Å². The van der Waals surface area contributed by atoms with Crippen LogP contribution in [0.2, 0.25) is 0 Å². The van der Waals surface area contributed by atoms with Gasteiger partial charge >= 0.3 is 0 Å². The van der Waals surface area contributed by atoms with Gasteiger partial charge in [0.05, 0.1) is 19.3 Å². The summed E-state index contributed by atoms with van der Waals surface area (Å²) in [6.07, 6.45) is 8.89. The fraction of sp³-hybridized carbons (Fsp3) is 0.550. The number of rotatable bonds is 10. The molecule has 0 aromatic carbocycles. The van der Waals surface area contributed by atoms with Gasteiger partial charge in [0.25, 0.3) is 0 Å². The second kappa shape index (κ2) is 11.4. The number of aliphatic imine (C=N–C) groups is 1. The fourth-order valence-corrected chi connectivity index (χ4v) is 2.97. The van der Waals surface area contributed by atoms with E-state index in [2.05, 4.69) is 32.6 Å². The second-order valence-corrected chi connectivity index (χ2v) is 6.66. The third-order valence-corrected chi connectivity index (χ3v) is 4.40. The first-order valence-corrected chi connectivity index (χ1v) is 10.0. The zero-order chi connectivity index (χ0) is 19.4. The summed E-state index contributed by atoms with van der Waals surface area (Å²) in [4.78, 5) is 9.01. The highest BCUT2D eigenvalue weighted by atomic mass is 16.5. The summed E-state index contributed by atoms with van der Waals surface area (Å²) in [6.45, 7) is 6.56. The number of hydrogen-bond donors (Lipinski definition) is 2. The lowest BCUT2D eigenvalue weighted by molar-refractivity contribution is 0.0168. The molecule has 1 unspecified atom stereocenters. The highest BCUT2D eigenvalue weighted by Gasteiger charge is 2.14. The van der Waals surface area contributed by atoms with Gasteiger partial charge < -0.3 is 20.1 Å². The highest BCUT2D eigenvalue weighted by molar-refractivity contribution is 5.79. The summed E-state index contributed by atoms with van der Waals surface area (Å²) in [7, 11) is 0. The van der Waals surface area contributed by atoms with Gasteiger partial charge in [-0.1, -0.05) is 0 Å². The van der Waals surface area contributed by atoms with Crippen molar-refractivity contribution in [3.8, 4) is 5.82 Å². The number of guanidine groups is 1. The summed E-state index contributed by atoms with van der Waals surface area (Å²) < 4.78 is 13.0. The molecule has 2 N–H and O–H groups in total. The van der Waals surface area contributed by atoms with Gasteiger partial charge in [-0.05, 0) is 49.9 Å². The molecule has 1 atom stereocenters. The maximum Gasteiger partial charge on any atom is 0.191 e. The monoisotopic (exact) mass is 386 g/mol. The molecule has 1 aliphatic heterocycles. The lowest BCUT2D eigenvalue weighted by atomic mass is 10.2. The van der Waals surface area contributed by atoms with Gasteiger partial charge in [0.15, 0.2) is 11.8 Å². The first-order chi connectivity index (χ1) is 13.8. The molecule has 0 bridgehead atoms. The lowest BCUT2D eigenvalue weighted by Crippen LogP contribution is -2.38. The van der Waals surface area contributed by atoms with Crippen molar-refractivity contribution < 1.29 is 9.47 Å². The van der Waals surface area contributed by atoms with E-state index in [4.69, 9.17) is 9.47 Å². The van der Waals surface area contributed by atoms with Crippen molar-refractivity contribution in [3.63, 3.8) is 0 Å². The van der Waals surface area contributed by atoms with Crippen molar-refractivity contribution in [3.05, 3.63) is 42.4 Å². The first kappa shape index (κ1) is 20.3. The highest BCUT2D eigenvalue weighted by Crippen LogP contribution is 2.11. The molecule has 3 rings (SSSR count). The molecule has 3 heterocycles. The average Bonchev–Trinajstić information content (AvgIpc) is 3.43. The molecular formula is C20H30N6O2. The molecule has 28 heavy (non-hydrogen) atoms. The number of ether oxygens (including phenoxy) is 2. The Bertz CT molecular complexity index is 713. The van der Waals surface area contributed by atoms with Crippen LogP contribution in [0.25, 0.3) is 5.82 Å². The van der Waals surface area contributed by atoms with Crippen LogP contribution in [0.4, 0.5) is 0 Å². The minimum atomic E-state index is 0.291. The number of nitrogens with one attached hydrogen (secondary N) is 2. The van der Waals surface area contributed by atoms with Gasteiger partial charge in [0.2, 0.25) is 0 Å². The van der Waals surface area contributed by atoms with Gasteiger partial charge in [-0.2, -0.15) is 5.10 Å². The summed E-state index contributed by atoms with van der Waals surface area (Å²) in [6, 6.07) is 5.85. The Labute approximate surface area is 166 Å². The standard InChI is InChI=1S/C20H30N6O2/c1-2-21-20(23-8-5-12-27-16-18-6-3-13-28-18)24-15-17-7-10-22-19(14-17)26-11-4-9-25-26/h4,7,9-11,14,18H,2-3,5-6,8,12-13,15-16H2,1H3,(H2,21,23,24). The van der Waals surface area contributed by atoms with Crippen molar-refractivity contribution in [2.24, 2.45) is 4.99 Å². The third kappa shape index (κ3) is 6.61. The average molecular weight is 387 g/mol. The molecule has 0 radical (unpaired) electrons. The van der Waals surface area contributed by atoms with Gasteiger partial charge in [0, 0.05) is 44.9 Å². The molecule has 0 saturated carbocycles. The Morgan fingerprint density at radius 1 is 1.39 bits per heavy atom. The molecule has 8 nitrogen and oxygen atoms in total. The van der Waals surface area contributed by atoms with E-state index < -0.39 is 0 Å². The molecule has 152 valence electrons. The lowest BCUT2D eigenvalue weighted by Gasteiger charge is -2.13. The van der Waals surface area contributed by atoms with E-state index in [1.54, 1.807) is 17.1 Å². The molecule has 0 spiro atoms. The molecule has 2 aromatic rings. The summed E-state index contributed by atoms with van der Waals surface area (Å²) >= 11 is 0. The number of nitrogens with zero attached hydrogens (tertiary/aromatic N) is 4. The second-order valence-electron chi connectivity index (χ2n) is 6.66. The van der Waals surface area contributed by atoms with E-state index in [0.29, 0.717) is 19.3 Å². The Balaban J connectivity index is 1.41. The molecule has 0 amide bonds. The molecule has 1 aliphatic rings. The quantitative estimate of drug-likeness (QED) is 0.369. The van der Waals surface area contributed by atoms with Crippen LogP contribution < -0.4 is 10.6 Å². The molecule has 0 aliphatic carbocycles. The molecule has 8 heteroatoms. The summed E-state index contributed by atoms with van der Waals surface area (Å²) in [5, 5.41) is 10.8. The maximum absolute atomic E-state index is 5.70. The van der Waals surface area contributed by atoms with Crippen molar-refractivity contribution in [2.75, 3.05) is 32.9 Å². The molecule has 2 aromatic heterocycles. The van der Waals surface area contributed by atoms with E-state index in [-0.39, 0.29) is 0 Å². The van der Waals surface area contributed by atoms with Crippen LogP contribution >= 0.6 is 0 Å². The van der Waals surface area contributed by atoms with Crippen molar-refractivity contribution in [1.29, 1.82) is 0 Å². The number of aromatic nitrogens is 3. The topological polar surface area (TPSA) is 85.6 Å². The van der Waals surface area contributed by atoms with Crippen LogP contribution in [-0.2, 0) is 16.0 Å². The van der Waals surface area contributed by atoms with E-state index in [1.807, 2.05) is 24.4 Å². The normalized spacial score (nSPS) is 17.0. The Kier molecular flexibility index (Phi) is 8.26. The summed E-state index contributed by atoms with van der Waals surface area (Å²) in [5.41, 5.74) is 1.08. The predicted molar refractivity (Wildman–Crippen MR) is 109 cm³/mol. The van der Waals surface area contributed by atoms with E-state index in [1.165, 1.54) is 0 Å². The molecule has 1 saturated heterocycles. The minimum Gasteiger partial charge on any atom is -0.379 e. The van der Waals surface area contributed by atoms with Crippen LogP contribution in [0.15, 0.2) is 41.8 Å². The van der Waals surface area contributed by atoms with Crippen LogP contribution in [0.1, 0.15) is 31.7 Å². The zero-order valence-electron chi connectivity index (χ0n) is 16.5. The van der Waals surface area contributed by atoms with Crippen LogP contribution in [0.3, 0.4) is 0 Å². The van der Waals surface area contributed by atoms with Gasteiger partial charge in [-0.3, -0.25) is 0 Å². The van der Waals surface area contributed by atoms with Crippen molar-refractivity contribution in [1.82, 2.24) is 25.4 Å². The van der Waals surface area contributed by atoms with Crippen LogP contribution in [0, 0.1) is 0 Å². The van der Waals surface area contributed by atoms with Crippen molar-refractivity contribution in [2.45, 2.75) is 38.8 Å². The van der Waals surface area contributed by atoms with Crippen molar-refractivity contribution >= 4 is 5.96 Å². The Hall–Kier alpha value is -2.45. The molecular weight excluding hydrogens is 356 g/mol. The Morgan fingerprint density at radius 2 is 2.36 bits per heavy atom. The third-order valence-electron chi connectivity index (χ3n) is 4.40. The number of pyridine rings is 1. The smallest absolute Gasteiger partial charge is 0.191 e. The fourth-order valence-electron chi connectivity index (χ4n) is 2.97. The maximum atomic E-state index is 5.70. The van der Waals surface area contributed by atoms with Gasteiger partial charge in [0.1, 0.15) is 0 Å². The van der Waals surface area contributed by atoms with Gasteiger partial charge in [-0.25, -0.2) is 14.7 Å². The van der Waals surface area contributed by atoms with Gasteiger partial charge in [-0.15, -0.1) is 0 Å². The van der Waals surface area contributed by atoms with E-state index in [0.717, 1.165) is 62.9 Å². The summed E-state index contributed by atoms with van der Waals surface area (Å²) in [5.74, 6) is 1.60. The number of hydrogen-bond acceptors (Lipinski definition) is 5. The SMILES string of the molecule is CCNC(=NCc1ccnc(-n2cccn2)c1)NCCCOCC1CCCO1. The van der Waals surface area contributed by atoms with E-state index in [9.17, 15) is 0 Å². The molecule has 1 fully saturated rings. The predicted octanol–water partition coefficient (Wildman–Crippen LogP) is 1.91. The van der Waals surface area contributed by atoms with E-state index >= 15 is 0 Å².